The molecule has 7 heteroatoms. The van der Waals surface area contributed by atoms with Crippen molar-refractivity contribution in [2.45, 2.75) is 45.3 Å². The first-order valence-corrected chi connectivity index (χ1v) is 11.4. The summed E-state index contributed by atoms with van der Waals surface area (Å²) in [6, 6.07) is 18.1. The number of benzene rings is 1. The molecule has 0 saturated carbocycles. The van der Waals surface area contributed by atoms with Gasteiger partial charge in [-0.2, -0.15) is 0 Å². The topological polar surface area (TPSA) is 62.2 Å². The maximum absolute atomic E-state index is 12.7. The number of aryl methyl sites for hydroxylation is 1. The van der Waals surface area contributed by atoms with E-state index in [0.717, 1.165) is 22.6 Å². The molecule has 6 nitrogen and oxygen atoms in total. The third-order valence-corrected chi connectivity index (χ3v) is 6.14. The molecule has 1 aromatic carbocycles. The summed E-state index contributed by atoms with van der Waals surface area (Å²) in [6.07, 6.45) is 4.24. The smallest absolute Gasteiger partial charge is 0.226 e. The molecule has 1 fully saturated rings. The highest BCUT2D eigenvalue weighted by Gasteiger charge is 2.41. The van der Waals surface area contributed by atoms with Crippen molar-refractivity contribution in [2.75, 3.05) is 11.9 Å². The number of thiocarbonyl (C=S) groups is 1. The van der Waals surface area contributed by atoms with Crippen LogP contribution in [0.15, 0.2) is 67.0 Å². The summed E-state index contributed by atoms with van der Waals surface area (Å²) < 4.78 is 2.26. The Morgan fingerprint density at radius 3 is 2.62 bits per heavy atom. The van der Waals surface area contributed by atoms with Crippen LogP contribution in [0.4, 0.5) is 5.69 Å². The first-order valence-electron chi connectivity index (χ1n) is 11.0. The Bertz CT molecular complexity index is 1080. The van der Waals surface area contributed by atoms with Gasteiger partial charge in [0, 0.05) is 42.8 Å². The first kappa shape index (κ1) is 22.0. The number of nitrogens with zero attached hydrogens (tertiary/aromatic N) is 3. The summed E-state index contributed by atoms with van der Waals surface area (Å²) >= 11 is 5.72. The number of anilines is 1. The van der Waals surface area contributed by atoms with E-state index in [1.54, 1.807) is 6.20 Å². The second-order valence-electron chi connectivity index (χ2n) is 8.42. The van der Waals surface area contributed by atoms with E-state index >= 15 is 0 Å². The second-order valence-corrected chi connectivity index (χ2v) is 8.80. The van der Waals surface area contributed by atoms with E-state index in [1.807, 2.05) is 49.4 Å². The zero-order chi connectivity index (χ0) is 22.7. The first-order chi connectivity index (χ1) is 15.4. The predicted octanol–water partition coefficient (Wildman–Crippen LogP) is 4.77. The summed E-state index contributed by atoms with van der Waals surface area (Å²) in [5.41, 5.74) is 4.05. The van der Waals surface area contributed by atoms with Crippen LogP contribution in [0.2, 0.25) is 0 Å². The molecule has 0 radical (unpaired) electrons. The fourth-order valence-electron chi connectivity index (χ4n) is 4.18. The van der Waals surface area contributed by atoms with Crippen molar-refractivity contribution in [2.24, 2.45) is 0 Å². The molecule has 2 aromatic heterocycles. The van der Waals surface area contributed by atoms with Crippen LogP contribution in [-0.2, 0) is 4.79 Å². The van der Waals surface area contributed by atoms with E-state index in [0.29, 0.717) is 24.1 Å². The monoisotopic (exact) mass is 447 g/mol. The molecule has 1 aliphatic rings. The average molecular weight is 448 g/mol. The van der Waals surface area contributed by atoms with Gasteiger partial charge in [0.25, 0.3) is 0 Å². The van der Waals surface area contributed by atoms with Crippen LogP contribution in [0.5, 0.6) is 0 Å². The van der Waals surface area contributed by atoms with Gasteiger partial charge in [0.1, 0.15) is 0 Å². The zero-order valence-corrected chi connectivity index (χ0v) is 19.5. The highest BCUT2D eigenvalue weighted by atomic mass is 32.1. The number of rotatable bonds is 7. The minimum absolute atomic E-state index is 0.0315. The number of hydrogen-bond donors (Lipinski definition) is 2. The van der Waals surface area contributed by atoms with Crippen LogP contribution in [0.25, 0.3) is 0 Å². The SMILES string of the molecule is Cc1ccc(NC(=O)CCN2C(=S)N[C@H](c3ccccn3)[C@H]2c2cccn2C(C)C)cc1. The summed E-state index contributed by atoms with van der Waals surface area (Å²) in [5, 5.41) is 7.08. The Balaban J connectivity index is 1.56. The lowest BCUT2D eigenvalue weighted by Crippen LogP contribution is -2.33. The van der Waals surface area contributed by atoms with Gasteiger partial charge in [0.05, 0.1) is 17.8 Å². The van der Waals surface area contributed by atoms with Gasteiger partial charge in [-0.15, -0.1) is 0 Å². The average Bonchev–Trinajstić information content (AvgIpc) is 3.39. The lowest BCUT2D eigenvalue weighted by Gasteiger charge is -2.29. The molecular weight excluding hydrogens is 418 g/mol. The van der Waals surface area contributed by atoms with Gasteiger partial charge < -0.3 is 20.1 Å². The van der Waals surface area contributed by atoms with Crippen LogP contribution < -0.4 is 10.6 Å². The molecule has 32 heavy (non-hydrogen) atoms. The molecule has 2 atom stereocenters. The lowest BCUT2D eigenvalue weighted by molar-refractivity contribution is -0.116. The van der Waals surface area contributed by atoms with Crippen LogP contribution in [0.1, 0.15) is 55.3 Å². The summed E-state index contributed by atoms with van der Waals surface area (Å²) in [7, 11) is 0. The molecule has 0 bridgehead atoms. The predicted molar refractivity (Wildman–Crippen MR) is 131 cm³/mol. The van der Waals surface area contributed by atoms with Crippen molar-refractivity contribution in [3.05, 3.63) is 83.9 Å². The van der Waals surface area contributed by atoms with Crippen LogP contribution >= 0.6 is 12.2 Å². The van der Waals surface area contributed by atoms with Crippen molar-refractivity contribution in [1.82, 2.24) is 19.8 Å². The molecule has 1 saturated heterocycles. The van der Waals surface area contributed by atoms with Crippen molar-refractivity contribution in [3.8, 4) is 0 Å². The molecule has 0 aliphatic carbocycles. The maximum Gasteiger partial charge on any atom is 0.226 e. The fraction of sp³-hybridized carbons (Fsp3) is 0.320. The number of carbonyl (C=O) groups excluding carboxylic acids is 1. The molecule has 3 aromatic rings. The molecule has 1 aliphatic heterocycles. The Kier molecular flexibility index (Phi) is 6.55. The summed E-state index contributed by atoms with van der Waals surface area (Å²) in [6.45, 7) is 6.87. The standard InChI is InChI=1S/C25H29N5OS/c1-17(2)29-15-6-8-21(29)24-23(20-7-4-5-14-26-20)28-25(32)30(24)16-13-22(31)27-19-11-9-18(3)10-12-19/h4-12,14-15,17,23-24H,13,16H2,1-3H3,(H,27,31)(H,28,32)/t23-,24-/m1/s1. The van der Waals surface area contributed by atoms with Gasteiger partial charge in [-0.3, -0.25) is 9.78 Å². The van der Waals surface area contributed by atoms with Gasteiger partial charge in [-0.1, -0.05) is 23.8 Å². The maximum atomic E-state index is 12.7. The Morgan fingerprint density at radius 2 is 1.94 bits per heavy atom. The zero-order valence-electron chi connectivity index (χ0n) is 18.7. The van der Waals surface area contributed by atoms with E-state index in [-0.39, 0.29) is 18.0 Å². The largest absolute Gasteiger partial charge is 0.352 e. The normalized spacial score (nSPS) is 18.1. The summed E-state index contributed by atoms with van der Waals surface area (Å²) in [5.74, 6) is -0.0315. The molecule has 166 valence electrons. The van der Waals surface area contributed by atoms with E-state index in [2.05, 4.69) is 57.3 Å². The van der Waals surface area contributed by atoms with Crippen molar-refractivity contribution >= 4 is 28.9 Å². The Labute approximate surface area is 194 Å². The highest BCUT2D eigenvalue weighted by Crippen LogP contribution is 2.39. The van der Waals surface area contributed by atoms with Crippen molar-refractivity contribution in [3.63, 3.8) is 0 Å². The van der Waals surface area contributed by atoms with Crippen LogP contribution in [0.3, 0.4) is 0 Å². The molecule has 4 rings (SSSR count). The Morgan fingerprint density at radius 1 is 1.16 bits per heavy atom. The fourth-order valence-corrected chi connectivity index (χ4v) is 4.51. The van der Waals surface area contributed by atoms with E-state index in [4.69, 9.17) is 12.2 Å². The quantitative estimate of drug-likeness (QED) is 0.511. The molecule has 1 amide bonds. The van der Waals surface area contributed by atoms with Gasteiger partial charge in [-0.25, -0.2) is 0 Å². The van der Waals surface area contributed by atoms with Gasteiger partial charge in [0.15, 0.2) is 5.11 Å². The molecule has 2 N–H and O–H groups in total. The third kappa shape index (κ3) is 4.67. The summed E-state index contributed by atoms with van der Waals surface area (Å²) in [4.78, 5) is 19.4. The number of carbonyl (C=O) groups is 1. The minimum Gasteiger partial charge on any atom is -0.352 e. The number of hydrogen-bond acceptors (Lipinski definition) is 3. The third-order valence-electron chi connectivity index (χ3n) is 5.78. The minimum atomic E-state index is -0.0868. The van der Waals surface area contributed by atoms with E-state index in [1.165, 1.54) is 0 Å². The van der Waals surface area contributed by atoms with E-state index < -0.39 is 0 Å². The molecule has 0 unspecified atom stereocenters. The van der Waals surface area contributed by atoms with Crippen molar-refractivity contribution < 1.29 is 4.79 Å². The number of amides is 1. The highest BCUT2D eigenvalue weighted by molar-refractivity contribution is 7.80. The lowest BCUT2D eigenvalue weighted by atomic mass is 10.0. The molecule has 3 heterocycles. The number of pyridine rings is 1. The number of aromatic nitrogens is 2. The second kappa shape index (κ2) is 9.53. The van der Waals surface area contributed by atoms with Crippen molar-refractivity contribution in [1.29, 1.82) is 0 Å². The number of nitrogens with one attached hydrogen (secondary N) is 2. The van der Waals surface area contributed by atoms with Crippen LogP contribution in [0, 0.1) is 6.92 Å². The van der Waals surface area contributed by atoms with Gasteiger partial charge in [0.2, 0.25) is 5.91 Å². The van der Waals surface area contributed by atoms with Gasteiger partial charge in [-0.05, 0) is 69.4 Å². The van der Waals surface area contributed by atoms with Gasteiger partial charge >= 0.3 is 0 Å². The van der Waals surface area contributed by atoms with Crippen LogP contribution in [-0.4, -0.2) is 32.0 Å². The molecule has 0 spiro atoms. The van der Waals surface area contributed by atoms with E-state index in [9.17, 15) is 4.79 Å². The molecular formula is C25H29N5OS. The Hall–Kier alpha value is -3.19.